The maximum atomic E-state index is 11.2. The molecule has 24 heavy (non-hydrogen) atoms. The van der Waals surface area contributed by atoms with Gasteiger partial charge in [-0.25, -0.2) is 4.79 Å². The second-order valence-corrected chi connectivity index (χ2v) is 5.64. The van der Waals surface area contributed by atoms with E-state index >= 15 is 0 Å². The molecule has 7 heteroatoms. The van der Waals surface area contributed by atoms with E-state index in [-0.39, 0.29) is 11.8 Å². The van der Waals surface area contributed by atoms with Gasteiger partial charge in [0.25, 0.3) is 0 Å². The summed E-state index contributed by atoms with van der Waals surface area (Å²) in [6.07, 6.45) is 1.80. The van der Waals surface area contributed by atoms with E-state index in [4.69, 9.17) is 19.3 Å². The van der Waals surface area contributed by atoms with Crippen molar-refractivity contribution in [2.24, 2.45) is 7.05 Å². The number of carboxylic acid groups (broad SMARTS) is 1. The van der Waals surface area contributed by atoms with Gasteiger partial charge in [0.2, 0.25) is 0 Å². The Morgan fingerprint density at radius 2 is 2.29 bits per heavy atom. The number of para-hydroxylation sites is 1. The zero-order chi connectivity index (χ0) is 17.1. The molecule has 1 aliphatic heterocycles. The van der Waals surface area contributed by atoms with E-state index in [1.165, 1.54) is 10.7 Å². The number of benzene rings is 1. The molecule has 0 saturated carbocycles. The molecule has 1 unspecified atom stereocenters. The van der Waals surface area contributed by atoms with Gasteiger partial charge in [0.05, 0.1) is 19.4 Å². The van der Waals surface area contributed by atoms with Crippen molar-refractivity contribution in [1.29, 1.82) is 0 Å². The minimum absolute atomic E-state index is 0.0118. The molecule has 128 valence electrons. The van der Waals surface area contributed by atoms with Crippen LogP contribution < -0.4 is 9.47 Å². The molecule has 1 aliphatic rings. The van der Waals surface area contributed by atoms with Crippen molar-refractivity contribution in [3.63, 3.8) is 0 Å². The molecule has 1 saturated heterocycles. The fourth-order valence-electron chi connectivity index (χ4n) is 2.79. The second-order valence-electron chi connectivity index (χ2n) is 5.64. The Labute approximate surface area is 139 Å². The first-order valence-electron chi connectivity index (χ1n) is 7.79. The summed E-state index contributed by atoms with van der Waals surface area (Å²) in [5, 5.41) is 13.2. The van der Waals surface area contributed by atoms with Crippen LogP contribution in [0.1, 0.15) is 23.3 Å². The third kappa shape index (κ3) is 3.21. The van der Waals surface area contributed by atoms with Crippen molar-refractivity contribution in [2.45, 2.75) is 18.9 Å². The van der Waals surface area contributed by atoms with Crippen molar-refractivity contribution in [3.8, 4) is 22.8 Å². The van der Waals surface area contributed by atoms with Crippen molar-refractivity contribution in [3.05, 3.63) is 30.0 Å². The molecule has 2 aromatic rings. The Morgan fingerprint density at radius 1 is 1.46 bits per heavy atom. The minimum Gasteiger partial charge on any atom is -0.493 e. The lowest BCUT2D eigenvalue weighted by Crippen LogP contribution is -2.28. The highest BCUT2D eigenvalue weighted by molar-refractivity contribution is 5.87. The number of rotatable bonds is 5. The Hall–Kier alpha value is -2.54. The molecule has 1 fully saturated rings. The molecule has 2 heterocycles. The van der Waals surface area contributed by atoms with Gasteiger partial charge in [0.15, 0.2) is 17.2 Å². The lowest BCUT2D eigenvalue weighted by molar-refractivity contribution is 0.00668. The standard InChI is InChI=1S/C17H20N2O5/c1-19-14(9-13(18-19)17(20)21)12-6-3-7-15(22-2)16(12)24-11-5-4-8-23-10-11/h3,6-7,9,11H,4-5,8,10H2,1-2H3,(H,20,21). The Morgan fingerprint density at radius 3 is 2.92 bits per heavy atom. The fraction of sp³-hybridized carbons (Fsp3) is 0.412. The van der Waals surface area contributed by atoms with Gasteiger partial charge in [-0.2, -0.15) is 5.10 Å². The van der Waals surface area contributed by atoms with E-state index in [2.05, 4.69) is 5.10 Å². The number of nitrogens with zero attached hydrogens (tertiary/aromatic N) is 2. The van der Waals surface area contributed by atoms with Crippen LogP contribution in [0, 0.1) is 0 Å². The summed E-state index contributed by atoms with van der Waals surface area (Å²) in [7, 11) is 3.28. The molecule has 3 rings (SSSR count). The monoisotopic (exact) mass is 332 g/mol. The molecule has 0 spiro atoms. The minimum atomic E-state index is -1.07. The average molecular weight is 332 g/mol. The fourth-order valence-corrected chi connectivity index (χ4v) is 2.79. The van der Waals surface area contributed by atoms with E-state index < -0.39 is 5.97 Å². The number of aromatic carboxylic acids is 1. The summed E-state index contributed by atoms with van der Waals surface area (Å²) in [5.41, 5.74) is 1.38. The first kappa shape index (κ1) is 16.3. The molecule has 0 radical (unpaired) electrons. The van der Waals surface area contributed by atoms with Crippen molar-refractivity contribution in [1.82, 2.24) is 9.78 Å². The summed E-state index contributed by atoms with van der Waals surface area (Å²) < 4.78 is 18.6. The van der Waals surface area contributed by atoms with Gasteiger partial charge in [-0.05, 0) is 31.0 Å². The number of carbonyl (C=O) groups is 1. The van der Waals surface area contributed by atoms with E-state index in [0.29, 0.717) is 23.8 Å². The number of hydrogen-bond donors (Lipinski definition) is 1. The summed E-state index contributed by atoms with van der Waals surface area (Å²) in [6.45, 7) is 1.28. The van der Waals surface area contributed by atoms with E-state index in [1.54, 1.807) is 14.2 Å². The molecule has 0 aliphatic carbocycles. The number of hydrogen-bond acceptors (Lipinski definition) is 5. The lowest BCUT2D eigenvalue weighted by atomic mass is 10.1. The third-order valence-corrected chi connectivity index (χ3v) is 3.98. The molecule has 1 N–H and O–H groups in total. The van der Waals surface area contributed by atoms with Crippen molar-refractivity contribution < 1.29 is 24.1 Å². The smallest absolute Gasteiger partial charge is 0.356 e. The number of ether oxygens (including phenoxy) is 3. The Balaban J connectivity index is 2.02. The zero-order valence-electron chi connectivity index (χ0n) is 13.7. The first-order valence-corrected chi connectivity index (χ1v) is 7.79. The van der Waals surface area contributed by atoms with Gasteiger partial charge in [-0.3, -0.25) is 4.68 Å². The van der Waals surface area contributed by atoms with E-state index in [1.807, 2.05) is 18.2 Å². The van der Waals surface area contributed by atoms with Gasteiger partial charge >= 0.3 is 5.97 Å². The maximum absolute atomic E-state index is 11.2. The number of methoxy groups -OCH3 is 1. The molecule has 1 atom stereocenters. The highest BCUT2D eigenvalue weighted by Crippen LogP contribution is 2.39. The van der Waals surface area contributed by atoms with Crippen molar-refractivity contribution >= 4 is 5.97 Å². The Kier molecular flexibility index (Phi) is 4.71. The normalized spacial score (nSPS) is 17.5. The summed E-state index contributed by atoms with van der Waals surface area (Å²) in [6, 6.07) is 7.05. The SMILES string of the molecule is COc1cccc(-c2cc(C(=O)O)nn2C)c1OC1CCCOC1. The molecule has 0 bridgehead atoms. The van der Waals surface area contributed by atoms with Gasteiger partial charge in [0, 0.05) is 19.2 Å². The van der Waals surface area contributed by atoms with Crippen LogP contribution in [-0.4, -0.2) is 47.3 Å². The lowest BCUT2D eigenvalue weighted by Gasteiger charge is -2.25. The van der Waals surface area contributed by atoms with Crippen LogP contribution in [0.4, 0.5) is 0 Å². The molecular formula is C17H20N2O5. The quantitative estimate of drug-likeness (QED) is 0.905. The van der Waals surface area contributed by atoms with Crippen LogP contribution in [0.2, 0.25) is 0 Å². The van der Waals surface area contributed by atoms with Crippen LogP contribution in [0.3, 0.4) is 0 Å². The first-order chi connectivity index (χ1) is 11.6. The van der Waals surface area contributed by atoms with Gasteiger partial charge in [-0.1, -0.05) is 6.07 Å². The van der Waals surface area contributed by atoms with Crippen LogP contribution in [0.15, 0.2) is 24.3 Å². The summed E-state index contributed by atoms with van der Waals surface area (Å²) >= 11 is 0. The molecular weight excluding hydrogens is 312 g/mol. The second kappa shape index (κ2) is 6.92. The molecule has 1 aromatic heterocycles. The average Bonchev–Trinajstić information content (AvgIpc) is 2.98. The van der Waals surface area contributed by atoms with Crippen LogP contribution in [-0.2, 0) is 11.8 Å². The third-order valence-electron chi connectivity index (χ3n) is 3.98. The number of carboxylic acids is 1. The van der Waals surface area contributed by atoms with Crippen LogP contribution in [0.25, 0.3) is 11.3 Å². The zero-order valence-corrected chi connectivity index (χ0v) is 13.7. The topological polar surface area (TPSA) is 82.8 Å². The predicted octanol–water partition coefficient (Wildman–Crippen LogP) is 2.35. The molecule has 7 nitrogen and oxygen atoms in total. The van der Waals surface area contributed by atoms with E-state index in [0.717, 1.165) is 25.0 Å². The summed E-state index contributed by atoms with van der Waals surface area (Å²) in [5.74, 6) is 0.106. The maximum Gasteiger partial charge on any atom is 0.356 e. The molecule has 1 aromatic carbocycles. The van der Waals surface area contributed by atoms with Gasteiger partial charge in [-0.15, -0.1) is 0 Å². The molecule has 0 amide bonds. The summed E-state index contributed by atoms with van der Waals surface area (Å²) in [4.78, 5) is 11.2. The number of aryl methyl sites for hydroxylation is 1. The van der Waals surface area contributed by atoms with Crippen LogP contribution >= 0.6 is 0 Å². The Bertz CT molecular complexity index is 735. The largest absolute Gasteiger partial charge is 0.493 e. The highest BCUT2D eigenvalue weighted by Gasteiger charge is 2.23. The van der Waals surface area contributed by atoms with Gasteiger partial charge in [0.1, 0.15) is 6.10 Å². The van der Waals surface area contributed by atoms with Crippen LogP contribution in [0.5, 0.6) is 11.5 Å². The number of aromatic nitrogens is 2. The van der Waals surface area contributed by atoms with E-state index in [9.17, 15) is 4.79 Å². The highest BCUT2D eigenvalue weighted by atomic mass is 16.5. The van der Waals surface area contributed by atoms with Gasteiger partial charge < -0.3 is 19.3 Å². The van der Waals surface area contributed by atoms with Crippen molar-refractivity contribution in [2.75, 3.05) is 20.3 Å². The predicted molar refractivity (Wildman–Crippen MR) is 86.6 cm³/mol.